The van der Waals surface area contributed by atoms with E-state index >= 15 is 0 Å². The SMILES string of the molecule is C=C(/N=C(\N=C(/N)C(Cl)(Cl)Cl)c1c(P)cccc1P)C(Cl)(Cl)Cl. The fourth-order valence-corrected chi connectivity index (χ4v) is 2.59. The van der Waals surface area contributed by atoms with Gasteiger partial charge in [-0.05, 0) is 10.6 Å². The molecule has 2 unspecified atom stereocenters. The van der Waals surface area contributed by atoms with Gasteiger partial charge in [-0.15, -0.1) is 18.5 Å². The minimum atomic E-state index is -1.90. The topological polar surface area (TPSA) is 50.7 Å². The molecule has 0 aliphatic heterocycles. The number of hydrogen-bond acceptors (Lipinski definition) is 1. The van der Waals surface area contributed by atoms with Gasteiger partial charge in [-0.2, -0.15) is 0 Å². The van der Waals surface area contributed by atoms with Gasteiger partial charge in [0.05, 0.1) is 5.70 Å². The number of rotatable bonds is 2. The molecule has 0 aromatic heterocycles. The van der Waals surface area contributed by atoms with Crippen LogP contribution in [-0.2, 0) is 0 Å². The molecule has 3 nitrogen and oxygen atoms in total. The van der Waals surface area contributed by atoms with Gasteiger partial charge in [0.1, 0.15) is 0 Å². The molecule has 0 heterocycles. The van der Waals surface area contributed by atoms with Crippen molar-refractivity contribution in [1.82, 2.24) is 0 Å². The van der Waals surface area contributed by atoms with Crippen LogP contribution in [0.25, 0.3) is 0 Å². The summed E-state index contributed by atoms with van der Waals surface area (Å²) in [6.07, 6.45) is 0. The first-order valence-electron chi connectivity index (χ1n) is 5.74. The van der Waals surface area contributed by atoms with Gasteiger partial charge < -0.3 is 5.73 Å². The molecule has 0 fully saturated rings. The van der Waals surface area contributed by atoms with Crippen molar-refractivity contribution in [3.8, 4) is 0 Å². The summed E-state index contributed by atoms with van der Waals surface area (Å²) >= 11 is 34.5. The van der Waals surface area contributed by atoms with Gasteiger partial charge in [0, 0.05) is 5.56 Å². The number of benzene rings is 1. The molecule has 11 heteroatoms. The van der Waals surface area contributed by atoms with Crippen LogP contribution in [0.4, 0.5) is 0 Å². The Hall–Kier alpha value is 0.700. The van der Waals surface area contributed by atoms with Crippen LogP contribution in [0.1, 0.15) is 5.56 Å². The Morgan fingerprint density at radius 1 is 0.957 bits per heavy atom. The molecule has 2 N–H and O–H groups in total. The predicted octanol–water partition coefficient (Wildman–Crippen LogP) is 4.05. The minimum Gasteiger partial charge on any atom is -0.383 e. The minimum absolute atomic E-state index is 0.0592. The summed E-state index contributed by atoms with van der Waals surface area (Å²) in [6, 6.07) is 5.49. The van der Waals surface area contributed by atoms with Crippen LogP contribution in [0.2, 0.25) is 0 Å². The van der Waals surface area contributed by atoms with E-state index in [9.17, 15) is 0 Å². The number of nitrogens with two attached hydrogens (primary N) is 1. The highest BCUT2D eigenvalue weighted by Crippen LogP contribution is 2.34. The van der Waals surface area contributed by atoms with Crippen molar-refractivity contribution in [1.29, 1.82) is 0 Å². The highest BCUT2D eigenvalue weighted by Gasteiger charge is 2.28. The fraction of sp³-hybridized carbons (Fsp3) is 0.167. The summed E-state index contributed by atoms with van der Waals surface area (Å²) in [5, 5.41) is 1.54. The van der Waals surface area contributed by atoms with E-state index in [1.807, 2.05) is 18.2 Å². The first-order chi connectivity index (χ1) is 10.3. The Bertz CT molecular complexity index is 656. The summed E-state index contributed by atoms with van der Waals surface area (Å²) in [5.41, 5.74) is 6.25. The van der Waals surface area contributed by atoms with Gasteiger partial charge in [-0.3, -0.25) is 0 Å². The molecule has 2 atom stereocenters. The summed E-state index contributed by atoms with van der Waals surface area (Å²) in [5.74, 6) is -0.184. The van der Waals surface area contributed by atoms with Crippen molar-refractivity contribution in [2.75, 3.05) is 0 Å². The summed E-state index contributed by atoms with van der Waals surface area (Å²) < 4.78 is -3.72. The zero-order chi connectivity index (χ0) is 18.0. The molecule has 0 saturated carbocycles. The second-order valence-electron chi connectivity index (χ2n) is 4.19. The molecule has 0 amide bonds. The zero-order valence-corrected chi connectivity index (χ0v) is 18.2. The second kappa shape index (κ2) is 8.39. The number of allylic oxidation sites excluding steroid dienone is 1. The summed E-state index contributed by atoms with van der Waals surface area (Å²) in [7, 11) is 5.08. The van der Waals surface area contributed by atoms with Crippen molar-refractivity contribution >= 4 is 110 Å². The Kier molecular flexibility index (Phi) is 7.93. The Morgan fingerprint density at radius 2 is 1.43 bits per heavy atom. The van der Waals surface area contributed by atoms with Crippen LogP contribution in [0.15, 0.2) is 40.5 Å². The van der Waals surface area contributed by atoms with Gasteiger partial charge in [-0.25, -0.2) is 9.98 Å². The third kappa shape index (κ3) is 6.49. The smallest absolute Gasteiger partial charge is 0.247 e. The highest BCUT2D eigenvalue weighted by molar-refractivity contribution is 7.30. The summed E-state index contributed by atoms with van der Waals surface area (Å²) in [4.78, 5) is 8.23. The molecular formula is C12H11Cl6N3P2. The van der Waals surface area contributed by atoms with E-state index in [1.165, 1.54) is 0 Å². The molecule has 126 valence electrons. The number of nitrogens with zero attached hydrogens (tertiary/aromatic N) is 2. The molecule has 1 aromatic carbocycles. The van der Waals surface area contributed by atoms with E-state index < -0.39 is 7.59 Å². The third-order valence-electron chi connectivity index (χ3n) is 2.44. The van der Waals surface area contributed by atoms with Gasteiger partial charge in [-0.1, -0.05) is 94.4 Å². The van der Waals surface area contributed by atoms with Crippen molar-refractivity contribution in [2.24, 2.45) is 15.7 Å². The van der Waals surface area contributed by atoms with E-state index in [2.05, 4.69) is 35.0 Å². The molecule has 0 radical (unpaired) electrons. The molecule has 0 bridgehead atoms. The number of alkyl halides is 6. The van der Waals surface area contributed by atoms with Crippen molar-refractivity contribution in [2.45, 2.75) is 7.59 Å². The standard InChI is InChI=1S/C12H11Cl6N3P2/c1-5(11(13,14)15)20-9(21-10(19)12(16,17)18)8-6(22)3-2-4-7(8)23/h2-4H,1,22-23H2,(H2,19,20,21). The van der Waals surface area contributed by atoms with Gasteiger partial charge in [0.15, 0.2) is 11.7 Å². The van der Waals surface area contributed by atoms with Gasteiger partial charge >= 0.3 is 0 Å². The van der Waals surface area contributed by atoms with Crippen LogP contribution in [-0.4, -0.2) is 19.3 Å². The van der Waals surface area contributed by atoms with Crippen LogP contribution in [0.3, 0.4) is 0 Å². The summed E-state index contributed by atoms with van der Waals surface area (Å²) in [6.45, 7) is 3.61. The number of halogens is 6. The first-order valence-corrected chi connectivity index (χ1v) is 9.16. The van der Waals surface area contributed by atoms with E-state index in [0.717, 1.165) is 10.6 Å². The lowest BCUT2D eigenvalue weighted by molar-refractivity contribution is 1.19. The van der Waals surface area contributed by atoms with Crippen molar-refractivity contribution in [3.05, 3.63) is 36.0 Å². The van der Waals surface area contributed by atoms with E-state index in [0.29, 0.717) is 5.56 Å². The molecule has 0 spiro atoms. The maximum absolute atomic E-state index is 5.78. The lowest BCUT2D eigenvalue weighted by Gasteiger charge is -2.15. The number of aliphatic imine (C=N–C) groups is 2. The lowest BCUT2D eigenvalue weighted by atomic mass is 10.2. The zero-order valence-electron chi connectivity index (χ0n) is 11.3. The van der Waals surface area contributed by atoms with E-state index in [4.69, 9.17) is 75.3 Å². The van der Waals surface area contributed by atoms with Crippen LogP contribution < -0.4 is 16.3 Å². The van der Waals surface area contributed by atoms with Crippen molar-refractivity contribution in [3.63, 3.8) is 0 Å². The average molecular weight is 472 g/mol. The molecule has 23 heavy (non-hydrogen) atoms. The lowest BCUT2D eigenvalue weighted by Crippen LogP contribution is -2.31. The molecule has 0 aliphatic carbocycles. The van der Waals surface area contributed by atoms with Crippen molar-refractivity contribution < 1.29 is 0 Å². The van der Waals surface area contributed by atoms with E-state index in [1.54, 1.807) is 0 Å². The van der Waals surface area contributed by atoms with Gasteiger partial charge in [0.2, 0.25) is 7.59 Å². The van der Waals surface area contributed by atoms with Crippen LogP contribution >= 0.6 is 88.1 Å². The molecule has 1 rings (SSSR count). The first kappa shape index (κ1) is 21.7. The Balaban J connectivity index is 3.58. The Labute approximate surface area is 169 Å². The maximum Gasteiger partial charge on any atom is 0.247 e. The average Bonchev–Trinajstić information content (AvgIpc) is 2.35. The quantitative estimate of drug-likeness (QED) is 0.301. The molecule has 1 aromatic rings. The van der Waals surface area contributed by atoms with Crippen LogP contribution in [0, 0.1) is 0 Å². The molecular weight excluding hydrogens is 461 g/mol. The monoisotopic (exact) mass is 469 g/mol. The van der Waals surface area contributed by atoms with E-state index in [-0.39, 0.29) is 17.4 Å². The fourth-order valence-electron chi connectivity index (χ4n) is 1.35. The Morgan fingerprint density at radius 3 is 1.83 bits per heavy atom. The number of hydrogen-bond donors (Lipinski definition) is 1. The normalized spacial score (nSPS) is 14.1. The second-order valence-corrected chi connectivity index (χ2v) is 9.99. The molecule has 0 saturated heterocycles. The number of amidine groups is 2. The predicted molar refractivity (Wildman–Crippen MR) is 113 cm³/mol. The van der Waals surface area contributed by atoms with Crippen LogP contribution in [0.5, 0.6) is 0 Å². The third-order valence-corrected chi connectivity index (χ3v) is 4.63. The molecule has 0 aliphatic rings. The van der Waals surface area contributed by atoms with Gasteiger partial charge in [0.25, 0.3) is 0 Å². The largest absolute Gasteiger partial charge is 0.383 e. The highest BCUT2D eigenvalue weighted by atomic mass is 35.6. The maximum atomic E-state index is 5.78.